The van der Waals surface area contributed by atoms with Crippen LogP contribution in [0.1, 0.15) is 226 Å². The standard InChI is InChI=1S/C63H111NO13/c1-3-5-7-9-11-13-15-17-19-20-21-22-23-24-25-26-27-28-29-30-31-32-33-35-37-39-41-43-45-47-55(68)64-51(52(67)46-44-42-40-38-36-34-18-16-14-12-10-8-6-4-2)50-74-62-60(73)58(71)61(54(49-66)76-62)77-63-59(72)57(70)56(69)53(48-65)75-63/h5,7,11,13,17,19,21-22,24-25,27-28,51-54,56-63,65-67,69-73H,3-4,6,8-10,12,14-16,18,20,23,26,29-50H2,1-2H3,(H,64,68)/b7-5-,13-11-,19-17-,22-21-,25-24-,28-27-. The molecule has 2 aliphatic heterocycles. The summed E-state index contributed by atoms with van der Waals surface area (Å²) in [4.78, 5) is 13.3. The second kappa shape index (κ2) is 48.2. The zero-order chi connectivity index (χ0) is 56.0. The van der Waals surface area contributed by atoms with Gasteiger partial charge in [-0.25, -0.2) is 0 Å². The van der Waals surface area contributed by atoms with E-state index >= 15 is 0 Å². The van der Waals surface area contributed by atoms with Crippen LogP contribution in [0, 0.1) is 0 Å². The molecule has 9 N–H and O–H groups in total. The molecule has 14 nitrogen and oxygen atoms in total. The first-order valence-electron chi connectivity index (χ1n) is 30.7. The van der Waals surface area contributed by atoms with Crippen molar-refractivity contribution in [2.45, 2.75) is 299 Å². The van der Waals surface area contributed by atoms with Crippen molar-refractivity contribution in [1.29, 1.82) is 0 Å². The van der Waals surface area contributed by atoms with Crippen LogP contribution in [0.3, 0.4) is 0 Å². The summed E-state index contributed by atoms with van der Waals surface area (Å²) >= 11 is 0. The van der Waals surface area contributed by atoms with E-state index < -0.39 is 86.8 Å². The molecule has 1 amide bonds. The molecule has 12 unspecified atom stereocenters. The van der Waals surface area contributed by atoms with Crippen molar-refractivity contribution in [1.82, 2.24) is 5.32 Å². The van der Waals surface area contributed by atoms with Gasteiger partial charge in [-0.1, -0.05) is 228 Å². The zero-order valence-electron chi connectivity index (χ0n) is 47.9. The predicted molar refractivity (Wildman–Crippen MR) is 309 cm³/mol. The van der Waals surface area contributed by atoms with E-state index in [-0.39, 0.29) is 12.5 Å². The molecule has 14 heteroatoms. The van der Waals surface area contributed by atoms with Gasteiger partial charge in [-0.2, -0.15) is 0 Å². The van der Waals surface area contributed by atoms with E-state index in [0.717, 1.165) is 89.9 Å². The Hall–Kier alpha value is -2.57. The lowest BCUT2D eigenvalue weighted by Crippen LogP contribution is -2.65. The van der Waals surface area contributed by atoms with E-state index in [1.807, 2.05) is 0 Å². The topological polar surface area (TPSA) is 228 Å². The highest BCUT2D eigenvalue weighted by Crippen LogP contribution is 2.30. The number of rotatable bonds is 48. The van der Waals surface area contributed by atoms with Gasteiger partial charge < -0.3 is 65.1 Å². The molecule has 2 fully saturated rings. The van der Waals surface area contributed by atoms with Crippen LogP contribution in [0.5, 0.6) is 0 Å². The van der Waals surface area contributed by atoms with E-state index in [1.165, 1.54) is 103 Å². The summed E-state index contributed by atoms with van der Waals surface area (Å²) in [5.41, 5.74) is 0. The van der Waals surface area contributed by atoms with E-state index in [2.05, 4.69) is 92.1 Å². The number of hydrogen-bond acceptors (Lipinski definition) is 13. The molecular formula is C63H111NO13. The van der Waals surface area contributed by atoms with Gasteiger partial charge in [0.05, 0.1) is 32.0 Å². The Morgan fingerprint density at radius 3 is 1.38 bits per heavy atom. The first-order chi connectivity index (χ1) is 37.6. The Kier molecular flexibility index (Phi) is 44.1. The predicted octanol–water partition coefficient (Wildman–Crippen LogP) is 10.7. The Bertz CT molecular complexity index is 1570. The zero-order valence-corrected chi connectivity index (χ0v) is 47.9. The summed E-state index contributed by atoms with van der Waals surface area (Å²) in [6.45, 7) is 2.74. The fraction of sp³-hybridized carbons (Fsp3) is 0.794. The molecule has 0 aromatic heterocycles. The van der Waals surface area contributed by atoms with Gasteiger partial charge in [0.2, 0.25) is 5.91 Å². The first-order valence-corrected chi connectivity index (χ1v) is 30.7. The lowest BCUT2D eigenvalue weighted by atomic mass is 9.97. The number of carbonyl (C=O) groups excluding carboxylic acids is 1. The Labute approximate surface area is 466 Å². The van der Waals surface area contributed by atoms with Gasteiger partial charge in [0.25, 0.3) is 0 Å². The maximum absolute atomic E-state index is 13.3. The lowest BCUT2D eigenvalue weighted by Gasteiger charge is -2.46. The molecule has 0 spiro atoms. The number of nitrogens with one attached hydrogen (secondary N) is 1. The number of aliphatic hydroxyl groups excluding tert-OH is 8. The van der Waals surface area contributed by atoms with E-state index in [4.69, 9.17) is 18.9 Å². The minimum Gasteiger partial charge on any atom is -0.394 e. The quantitative estimate of drug-likeness (QED) is 0.0204. The minimum atomic E-state index is -1.78. The molecule has 0 aromatic rings. The number of amides is 1. The van der Waals surface area contributed by atoms with Crippen LogP contribution in [-0.4, -0.2) is 140 Å². The van der Waals surface area contributed by atoms with E-state index in [0.29, 0.717) is 19.3 Å². The molecule has 0 aromatic carbocycles. The molecule has 2 heterocycles. The second-order valence-corrected chi connectivity index (χ2v) is 21.5. The molecule has 12 atom stereocenters. The van der Waals surface area contributed by atoms with Gasteiger partial charge in [-0.15, -0.1) is 0 Å². The number of hydrogen-bond donors (Lipinski definition) is 9. The summed E-state index contributed by atoms with van der Waals surface area (Å²) in [7, 11) is 0. The third-order valence-electron chi connectivity index (χ3n) is 14.7. The molecule has 0 aliphatic carbocycles. The van der Waals surface area contributed by atoms with Crippen LogP contribution in [0.25, 0.3) is 0 Å². The van der Waals surface area contributed by atoms with Crippen LogP contribution in [0.4, 0.5) is 0 Å². The summed E-state index contributed by atoms with van der Waals surface area (Å²) in [6, 6.07) is -0.835. The number of unbranched alkanes of at least 4 members (excludes halogenated alkanes) is 23. The average molecular weight is 1090 g/mol. The second-order valence-electron chi connectivity index (χ2n) is 21.5. The summed E-state index contributed by atoms with van der Waals surface area (Å²) < 4.78 is 22.8. The summed E-state index contributed by atoms with van der Waals surface area (Å²) in [5.74, 6) is -0.214. The number of ether oxygens (including phenoxy) is 4. The van der Waals surface area contributed by atoms with Crippen LogP contribution in [0.2, 0.25) is 0 Å². The van der Waals surface area contributed by atoms with Crippen LogP contribution in [-0.2, 0) is 23.7 Å². The van der Waals surface area contributed by atoms with Crippen molar-refractivity contribution in [2.75, 3.05) is 19.8 Å². The van der Waals surface area contributed by atoms with Crippen molar-refractivity contribution in [2.24, 2.45) is 0 Å². The molecule has 2 rings (SSSR count). The average Bonchev–Trinajstić information content (AvgIpc) is 3.43. The highest BCUT2D eigenvalue weighted by Gasteiger charge is 2.51. The van der Waals surface area contributed by atoms with Crippen LogP contribution < -0.4 is 5.32 Å². The normalized spacial score (nSPS) is 25.2. The summed E-state index contributed by atoms with van der Waals surface area (Å²) in [5, 5.41) is 87.3. The number of allylic oxidation sites excluding steroid dienone is 12. The highest BCUT2D eigenvalue weighted by atomic mass is 16.7. The molecule has 2 aliphatic rings. The van der Waals surface area contributed by atoms with Crippen LogP contribution in [0.15, 0.2) is 72.9 Å². The minimum absolute atomic E-state index is 0.214. The van der Waals surface area contributed by atoms with Crippen molar-refractivity contribution < 1.29 is 64.6 Å². The molecule has 0 saturated carbocycles. The monoisotopic (exact) mass is 1090 g/mol. The molecular weight excluding hydrogens is 979 g/mol. The third-order valence-corrected chi connectivity index (χ3v) is 14.7. The van der Waals surface area contributed by atoms with E-state index in [1.54, 1.807) is 0 Å². The fourth-order valence-corrected chi connectivity index (χ4v) is 9.77. The highest BCUT2D eigenvalue weighted by molar-refractivity contribution is 5.76. The Balaban J connectivity index is 1.70. The lowest BCUT2D eigenvalue weighted by molar-refractivity contribution is -0.359. The summed E-state index contributed by atoms with van der Waals surface area (Å²) in [6.07, 6.45) is 46.1. The van der Waals surface area contributed by atoms with Crippen molar-refractivity contribution in [3.05, 3.63) is 72.9 Å². The molecule has 2 saturated heterocycles. The molecule has 446 valence electrons. The maximum Gasteiger partial charge on any atom is 0.220 e. The Morgan fingerprint density at radius 1 is 0.481 bits per heavy atom. The fourth-order valence-electron chi connectivity index (χ4n) is 9.77. The largest absolute Gasteiger partial charge is 0.394 e. The van der Waals surface area contributed by atoms with Gasteiger partial charge in [0.15, 0.2) is 12.6 Å². The van der Waals surface area contributed by atoms with Gasteiger partial charge in [0, 0.05) is 6.42 Å². The van der Waals surface area contributed by atoms with E-state index in [9.17, 15) is 45.6 Å². The number of carbonyl (C=O) groups is 1. The number of aliphatic hydroxyl groups is 8. The molecule has 0 bridgehead atoms. The first kappa shape index (κ1) is 70.5. The van der Waals surface area contributed by atoms with Crippen molar-refractivity contribution >= 4 is 5.91 Å². The SMILES string of the molecule is CC/C=C\C/C=C\C/C=C\C/C=C\C/C=C\C/C=C\CCCCCCCCCCCCC(=O)NC(COC1OC(CO)C(OC2OC(CO)C(O)C(O)C2O)C(O)C1O)C(O)CCCCCCCCCCCCCCCC. The van der Waals surface area contributed by atoms with Gasteiger partial charge >= 0.3 is 0 Å². The smallest absolute Gasteiger partial charge is 0.220 e. The van der Waals surface area contributed by atoms with Crippen LogP contribution >= 0.6 is 0 Å². The van der Waals surface area contributed by atoms with Crippen molar-refractivity contribution in [3.63, 3.8) is 0 Å². The van der Waals surface area contributed by atoms with Gasteiger partial charge in [-0.05, 0) is 64.2 Å². The Morgan fingerprint density at radius 2 is 0.896 bits per heavy atom. The van der Waals surface area contributed by atoms with Gasteiger partial charge in [-0.3, -0.25) is 4.79 Å². The van der Waals surface area contributed by atoms with Crippen molar-refractivity contribution in [3.8, 4) is 0 Å². The third kappa shape index (κ3) is 33.7. The van der Waals surface area contributed by atoms with Gasteiger partial charge in [0.1, 0.15) is 48.8 Å². The maximum atomic E-state index is 13.3. The molecule has 0 radical (unpaired) electrons. The molecule has 77 heavy (non-hydrogen) atoms.